The zero-order valence-corrected chi connectivity index (χ0v) is 20.7. The van der Waals surface area contributed by atoms with Crippen molar-refractivity contribution in [1.29, 1.82) is 0 Å². The Hall–Kier alpha value is -2.12. The Morgan fingerprint density at radius 2 is 1.16 bits per heavy atom. The summed E-state index contributed by atoms with van der Waals surface area (Å²) in [7, 11) is -5.88. The minimum atomic E-state index is -5.88. The molecule has 0 aliphatic heterocycles. The molecule has 0 fully saturated rings. The molecule has 0 aliphatic carbocycles. The fraction of sp³-hybridized carbons (Fsp3) is 0.250. The summed E-state index contributed by atoms with van der Waals surface area (Å²) in [6.45, 7) is 7.92. The molecular formula is C24H25F3O3SSe. The van der Waals surface area contributed by atoms with Crippen LogP contribution in [0.4, 0.5) is 13.2 Å². The van der Waals surface area contributed by atoms with E-state index in [4.69, 9.17) is 3.27 Å². The number of halogens is 3. The van der Waals surface area contributed by atoms with Crippen LogP contribution < -0.4 is 13.4 Å². The average Bonchev–Trinajstić information content (AvgIpc) is 2.72. The molecule has 0 aliphatic rings. The number of alkyl halides is 3. The van der Waals surface area contributed by atoms with Gasteiger partial charge in [-0.1, -0.05) is 0 Å². The van der Waals surface area contributed by atoms with Gasteiger partial charge in [0.1, 0.15) is 0 Å². The van der Waals surface area contributed by atoms with Gasteiger partial charge in [-0.15, -0.1) is 0 Å². The van der Waals surface area contributed by atoms with Crippen molar-refractivity contribution in [3.05, 3.63) is 90.0 Å². The topological polar surface area (TPSA) is 43.4 Å². The number of aryl methyl sites for hydroxylation is 1. The zero-order valence-electron chi connectivity index (χ0n) is 18.2. The van der Waals surface area contributed by atoms with Crippen molar-refractivity contribution >= 4 is 36.7 Å². The molecule has 172 valence electrons. The summed E-state index contributed by atoms with van der Waals surface area (Å²) < 4.78 is 71.9. The van der Waals surface area contributed by atoms with Crippen LogP contribution in [0.2, 0.25) is 0 Å². The van der Waals surface area contributed by atoms with Crippen LogP contribution in [0.5, 0.6) is 0 Å². The third-order valence-electron chi connectivity index (χ3n) is 4.96. The molecule has 0 bridgehead atoms. The van der Waals surface area contributed by atoms with E-state index in [0.29, 0.717) is 13.4 Å². The van der Waals surface area contributed by atoms with Crippen molar-refractivity contribution in [3.63, 3.8) is 0 Å². The average molecular weight is 529 g/mol. The molecule has 3 aromatic carbocycles. The van der Waals surface area contributed by atoms with Gasteiger partial charge in [-0.25, -0.2) is 0 Å². The first-order valence-electron chi connectivity index (χ1n) is 9.85. The first kappa shape index (κ1) is 24.5. The predicted molar refractivity (Wildman–Crippen MR) is 123 cm³/mol. The molecule has 0 N–H and O–H groups in total. The van der Waals surface area contributed by atoms with E-state index in [1.807, 2.05) is 39.8 Å². The third-order valence-corrected chi connectivity index (χ3v) is 14.2. The Labute approximate surface area is 189 Å². The second-order valence-electron chi connectivity index (χ2n) is 8.42. The van der Waals surface area contributed by atoms with Gasteiger partial charge in [0.15, 0.2) is 0 Å². The Morgan fingerprint density at radius 3 is 1.59 bits per heavy atom. The molecule has 3 rings (SSSR count). The van der Waals surface area contributed by atoms with Gasteiger partial charge in [0.2, 0.25) is 0 Å². The molecule has 8 heteroatoms. The van der Waals surface area contributed by atoms with E-state index in [1.165, 1.54) is 0 Å². The van der Waals surface area contributed by atoms with Crippen LogP contribution in [-0.4, -0.2) is 27.1 Å². The maximum atomic E-state index is 13.5. The molecule has 32 heavy (non-hydrogen) atoms. The van der Waals surface area contributed by atoms with Crippen molar-refractivity contribution in [2.45, 2.75) is 38.6 Å². The van der Waals surface area contributed by atoms with E-state index in [1.54, 1.807) is 66.7 Å². The van der Waals surface area contributed by atoms with E-state index in [-0.39, 0.29) is 5.41 Å². The van der Waals surface area contributed by atoms with E-state index in [9.17, 15) is 21.6 Å². The van der Waals surface area contributed by atoms with Crippen LogP contribution in [0.3, 0.4) is 0 Å². The van der Waals surface area contributed by atoms with Gasteiger partial charge < -0.3 is 0 Å². The first-order valence-corrected chi connectivity index (χ1v) is 14.5. The Kier molecular flexibility index (Phi) is 6.64. The first-order chi connectivity index (χ1) is 14.8. The number of hydrogen-bond donors (Lipinski definition) is 0. The van der Waals surface area contributed by atoms with Gasteiger partial charge >= 0.3 is 190 Å². The fourth-order valence-electron chi connectivity index (χ4n) is 3.19. The number of hydrogen-bond acceptors (Lipinski definition) is 3. The quantitative estimate of drug-likeness (QED) is 0.369. The standard InChI is InChI=1S/C24H25F3O3SSe/c1-18-10-14-21(15-11-18)32(20-8-6-5-7-9-20,30-31(28,29)24(25,26)27)22-16-12-19(13-17-22)23(2,3)4/h5-17H,1-4H3. The van der Waals surface area contributed by atoms with Gasteiger partial charge in [0, 0.05) is 0 Å². The summed E-state index contributed by atoms with van der Waals surface area (Å²) >= 11 is -4.34. The van der Waals surface area contributed by atoms with E-state index in [0.717, 1.165) is 11.1 Å². The normalized spacial score (nSPS) is 15.7. The molecule has 1 atom stereocenters. The monoisotopic (exact) mass is 530 g/mol. The number of benzene rings is 3. The van der Waals surface area contributed by atoms with Crippen molar-refractivity contribution in [2.24, 2.45) is 0 Å². The molecule has 0 amide bonds. The van der Waals surface area contributed by atoms with Gasteiger partial charge in [0.05, 0.1) is 0 Å². The van der Waals surface area contributed by atoms with E-state index < -0.39 is 28.8 Å². The van der Waals surface area contributed by atoms with E-state index in [2.05, 4.69) is 0 Å². The summed E-state index contributed by atoms with van der Waals surface area (Å²) in [6.07, 6.45) is 0. The third kappa shape index (κ3) is 4.79. The van der Waals surface area contributed by atoms with Crippen LogP contribution >= 0.6 is 0 Å². The number of rotatable bonds is 5. The van der Waals surface area contributed by atoms with Gasteiger partial charge in [0.25, 0.3) is 0 Å². The van der Waals surface area contributed by atoms with Gasteiger partial charge in [-0.3, -0.25) is 0 Å². The summed E-state index contributed by atoms with van der Waals surface area (Å²) in [4.78, 5) is 0. The zero-order chi connectivity index (χ0) is 23.8. The SMILES string of the molecule is Cc1ccc([Se](OS(=O)(=O)C(F)(F)F)(c2ccccc2)c2ccc(C(C)(C)C)cc2)cc1. The Balaban J connectivity index is 2.37. The van der Waals surface area contributed by atoms with Crippen molar-refractivity contribution in [1.82, 2.24) is 0 Å². The molecular weight excluding hydrogens is 504 g/mol. The summed E-state index contributed by atoms with van der Waals surface area (Å²) in [5.41, 5.74) is -3.85. The summed E-state index contributed by atoms with van der Waals surface area (Å²) in [6, 6.07) is 22.2. The molecule has 3 aromatic rings. The Bertz CT molecular complexity index is 1170. The van der Waals surface area contributed by atoms with E-state index >= 15 is 0 Å². The fourth-order valence-corrected chi connectivity index (χ4v) is 12.5. The Morgan fingerprint density at radius 1 is 0.719 bits per heavy atom. The molecule has 1 unspecified atom stereocenters. The van der Waals surface area contributed by atoms with Crippen LogP contribution in [0, 0.1) is 6.92 Å². The second kappa shape index (κ2) is 8.67. The molecule has 0 aromatic heterocycles. The van der Waals surface area contributed by atoms with Crippen LogP contribution in [0.25, 0.3) is 0 Å². The molecule has 0 saturated carbocycles. The molecule has 3 nitrogen and oxygen atoms in total. The van der Waals surface area contributed by atoms with Crippen LogP contribution in [0.15, 0.2) is 78.9 Å². The summed E-state index contributed by atoms with van der Waals surface area (Å²) in [5, 5.41) is 0. The summed E-state index contributed by atoms with van der Waals surface area (Å²) in [5.74, 6) is 0. The minimum absolute atomic E-state index is 0.180. The van der Waals surface area contributed by atoms with Crippen molar-refractivity contribution in [2.75, 3.05) is 0 Å². The van der Waals surface area contributed by atoms with Crippen molar-refractivity contribution < 1.29 is 24.9 Å². The molecule has 0 saturated heterocycles. The van der Waals surface area contributed by atoms with Gasteiger partial charge in [-0.05, 0) is 0 Å². The van der Waals surface area contributed by atoms with Crippen molar-refractivity contribution in [3.8, 4) is 0 Å². The van der Waals surface area contributed by atoms with Crippen LogP contribution in [0.1, 0.15) is 31.9 Å². The van der Waals surface area contributed by atoms with Gasteiger partial charge in [-0.2, -0.15) is 0 Å². The second-order valence-corrected chi connectivity index (χ2v) is 16.1. The maximum absolute atomic E-state index is 13.5. The molecule has 0 radical (unpaired) electrons. The van der Waals surface area contributed by atoms with Crippen LogP contribution in [-0.2, 0) is 18.8 Å². The predicted octanol–water partition coefficient (Wildman–Crippen LogP) is 4.13. The molecule has 0 heterocycles. The molecule has 0 spiro atoms.